The van der Waals surface area contributed by atoms with Crippen LogP contribution in [0.5, 0.6) is 5.75 Å². The van der Waals surface area contributed by atoms with Crippen LogP contribution in [0.4, 0.5) is 0 Å². The minimum atomic E-state index is 0.0382. The summed E-state index contributed by atoms with van der Waals surface area (Å²) in [6, 6.07) is 15.7. The summed E-state index contributed by atoms with van der Waals surface area (Å²) in [5.41, 5.74) is 3.40. The quantitative estimate of drug-likeness (QED) is 0.545. The van der Waals surface area contributed by atoms with Crippen LogP contribution < -0.4 is 0 Å². The van der Waals surface area contributed by atoms with Crippen LogP contribution in [-0.2, 0) is 4.79 Å². The summed E-state index contributed by atoms with van der Waals surface area (Å²) in [5, 5.41) is 11.2. The summed E-state index contributed by atoms with van der Waals surface area (Å²) in [7, 11) is 0. The van der Waals surface area contributed by atoms with Gasteiger partial charge in [-0.05, 0) is 74.4 Å². The van der Waals surface area contributed by atoms with E-state index in [1.165, 1.54) is 29.3 Å². The number of hydrogen-bond acceptors (Lipinski definition) is 3. The summed E-state index contributed by atoms with van der Waals surface area (Å²) >= 11 is 0. The van der Waals surface area contributed by atoms with Gasteiger partial charge in [-0.15, -0.1) is 0 Å². The van der Waals surface area contributed by atoms with Crippen LogP contribution in [-0.4, -0.2) is 58.5 Å². The Morgan fingerprint density at radius 2 is 1.70 bits per heavy atom. The van der Waals surface area contributed by atoms with E-state index in [0.29, 0.717) is 17.4 Å². The number of nitrogens with one attached hydrogen (secondary N) is 1. The van der Waals surface area contributed by atoms with Crippen LogP contribution in [0.1, 0.15) is 42.7 Å². The van der Waals surface area contributed by atoms with E-state index in [1.54, 1.807) is 24.3 Å². The first-order chi connectivity index (χ1) is 16.2. The predicted octanol–water partition coefficient (Wildman–Crippen LogP) is 5.00. The number of phenolic OH excluding ortho intramolecular Hbond substituents is 1. The van der Waals surface area contributed by atoms with E-state index >= 15 is 0 Å². The third-order valence-corrected chi connectivity index (χ3v) is 7.43. The van der Waals surface area contributed by atoms with Gasteiger partial charge < -0.3 is 19.9 Å². The van der Waals surface area contributed by atoms with Gasteiger partial charge in [0, 0.05) is 48.4 Å². The van der Waals surface area contributed by atoms with Crippen LogP contribution in [0.3, 0.4) is 0 Å². The zero-order chi connectivity index (χ0) is 22.6. The minimum absolute atomic E-state index is 0.0382. The largest absolute Gasteiger partial charge is 0.507 e. The Morgan fingerprint density at radius 3 is 2.48 bits per heavy atom. The van der Waals surface area contributed by atoms with Gasteiger partial charge in [0.05, 0.1) is 0 Å². The van der Waals surface area contributed by atoms with Gasteiger partial charge in [0.25, 0.3) is 0 Å². The zero-order valence-corrected chi connectivity index (χ0v) is 19.1. The first-order valence-corrected chi connectivity index (χ1v) is 12.2. The molecule has 0 radical (unpaired) electrons. The number of likely N-dealkylation sites (tertiary alicyclic amines) is 2. The van der Waals surface area contributed by atoms with E-state index in [-0.39, 0.29) is 11.7 Å². The lowest BCUT2D eigenvalue weighted by atomic mass is 9.88. The van der Waals surface area contributed by atoms with Gasteiger partial charge in [-0.1, -0.05) is 36.4 Å². The Morgan fingerprint density at radius 1 is 0.970 bits per heavy atom. The Hall–Kier alpha value is -3.05. The number of rotatable bonds is 5. The number of aromatic amines is 1. The van der Waals surface area contributed by atoms with Crippen molar-refractivity contribution < 1.29 is 9.90 Å². The van der Waals surface area contributed by atoms with Gasteiger partial charge >= 0.3 is 0 Å². The number of fused-ring (bicyclic) bond motifs is 1. The van der Waals surface area contributed by atoms with E-state index in [2.05, 4.69) is 40.3 Å². The summed E-state index contributed by atoms with van der Waals surface area (Å²) in [6.45, 7) is 5.11. The molecule has 3 aromatic rings. The number of nitrogens with zero attached hydrogens (tertiary/aromatic N) is 2. The van der Waals surface area contributed by atoms with Gasteiger partial charge in [-0.25, -0.2) is 0 Å². The second-order valence-electron chi connectivity index (χ2n) is 9.53. The van der Waals surface area contributed by atoms with Crippen LogP contribution in [0.15, 0.2) is 60.8 Å². The molecule has 3 heterocycles. The summed E-state index contributed by atoms with van der Waals surface area (Å²) in [6.07, 6.45) is 10.1. The molecule has 0 spiro atoms. The number of amides is 1. The van der Waals surface area contributed by atoms with E-state index in [1.807, 2.05) is 17.0 Å². The second-order valence-corrected chi connectivity index (χ2v) is 9.53. The predicted molar refractivity (Wildman–Crippen MR) is 133 cm³/mol. The number of phenols is 1. The highest BCUT2D eigenvalue weighted by Crippen LogP contribution is 2.33. The monoisotopic (exact) mass is 443 g/mol. The van der Waals surface area contributed by atoms with Crippen molar-refractivity contribution in [3.63, 3.8) is 0 Å². The van der Waals surface area contributed by atoms with Crippen LogP contribution in [0.2, 0.25) is 0 Å². The lowest BCUT2D eigenvalue weighted by Gasteiger charge is -2.37. The van der Waals surface area contributed by atoms with Crippen molar-refractivity contribution in [1.29, 1.82) is 0 Å². The van der Waals surface area contributed by atoms with Crippen molar-refractivity contribution in [3.8, 4) is 5.75 Å². The lowest BCUT2D eigenvalue weighted by Crippen LogP contribution is -2.42. The molecule has 0 atom stereocenters. The SMILES string of the molecule is O=C(/C=C/c1ccccc1O)N1CCC(CN2CCC(c3c[nH]c4ccccc34)CC2)CC1. The molecule has 5 heteroatoms. The molecule has 1 aromatic heterocycles. The van der Waals surface area contributed by atoms with Crippen molar-refractivity contribution in [2.45, 2.75) is 31.6 Å². The summed E-state index contributed by atoms with van der Waals surface area (Å²) < 4.78 is 0. The van der Waals surface area contributed by atoms with Crippen molar-refractivity contribution in [2.24, 2.45) is 5.92 Å². The molecule has 5 rings (SSSR count). The molecule has 2 fully saturated rings. The highest BCUT2D eigenvalue weighted by atomic mass is 16.3. The number of H-pyrrole nitrogens is 1. The summed E-state index contributed by atoms with van der Waals surface area (Å²) in [4.78, 5) is 20.6. The van der Waals surface area contributed by atoms with E-state index < -0.39 is 0 Å². The first kappa shape index (κ1) is 21.8. The van der Waals surface area contributed by atoms with Gasteiger partial charge in [-0.3, -0.25) is 4.79 Å². The molecular weight excluding hydrogens is 410 g/mol. The second kappa shape index (κ2) is 9.84. The molecule has 1 amide bonds. The number of carbonyl (C=O) groups excluding carboxylic acids is 1. The third-order valence-electron chi connectivity index (χ3n) is 7.43. The van der Waals surface area contributed by atoms with Gasteiger partial charge in [0.2, 0.25) is 5.91 Å². The number of piperidine rings is 2. The number of aromatic nitrogens is 1. The van der Waals surface area contributed by atoms with Crippen molar-refractivity contribution in [1.82, 2.24) is 14.8 Å². The van der Waals surface area contributed by atoms with E-state index in [0.717, 1.165) is 45.6 Å². The molecule has 2 saturated heterocycles. The maximum absolute atomic E-state index is 12.6. The molecule has 0 saturated carbocycles. The van der Waals surface area contributed by atoms with Gasteiger partial charge in [0.15, 0.2) is 0 Å². The molecule has 2 aliphatic heterocycles. The smallest absolute Gasteiger partial charge is 0.246 e. The molecule has 2 N–H and O–H groups in total. The highest BCUT2D eigenvalue weighted by molar-refractivity contribution is 5.92. The average molecular weight is 444 g/mol. The molecule has 0 unspecified atom stereocenters. The van der Waals surface area contributed by atoms with Crippen LogP contribution in [0, 0.1) is 5.92 Å². The average Bonchev–Trinajstić information content (AvgIpc) is 3.29. The normalized spacial score (nSPS) is 19.0. The fourth-order valence-electron chi connectivity index (χ4n) is 5.45. The van der Waals surface area contributed by atoms with Gasteiger partial charge in [0.1, 0.15) is 5.75 Å². The summed E-state index contributed by atoms with van der Waals surface area (Å²) in [5.74, 6) is 1.55. The van der Waals surface area contributed by atoms with Crippen molar-refractivity contribution in [2.75, 3.05) is 32.7 Å². The first-order valence-electron chi connectivity index (χ1n) is 12.2. The standard InChI is InChI=1S/C28H33N3O2/c32-27-8-4-1-5-23(27)9-10-28(33)31-17-11-21(12-18-31)20-30-15-13-22(14-16-30)25-19-29-26-7-3-2-6-24(25)26/h1-10,19,21-22,29,32H,11-18,20H2/b10-9+. The maximum atomic E-state index is 12.6. The minimum Gasteiger partial charge on any atom is -0.507 e. The molecule has 0 aliphatic carbocycles. The Kier molecular flexibility index (Phi) is 6.49. The van der Waals surface area contributed by atoms with Crippen LogP contribution in [0.25, 0.3) is 17.0 Å². The Labute approximate surface area is 195 Å². The molecule has 5 nitrogen and oxygen atoms in total. The number of para-hydroxylation sites is 2. The molecule has 2 aliphatic rings. The molecule has 2 aromatic carbocycles. The Balaban J connectivity index is 1.08. The fraction of sp³-hybridized carbons (Fsp3) is 0.393. The third kappa shape index (κ3) is 4.98. The zero-order valence-electron chi connectivity index (χ0n) is 19.1. The van der Waals surface area contributed by atoms with E-state index in [4.69, 9.17) is 0 Å². The van der Waals surface area contributed by atoms with E-state index in [9.17, 15) is 9.90 Å². The molecule has 172 valence electrons. The van der Waals surface area contributed by atoms with Crippen molar-refractivity contribution >= 4 is 22.9 Å². The number of benzene rings is 2. The molecule has 0 bridgehead atoms. The topological polar surface area (TPSA) is 59.6 Å². The Bertz CT molecular complexity index is 1120. The number of hydrogen-bond donors (Lipinski definition) is 2. The highest BCUT2D eigenvalue weighted by Gasteiger charge is 2.27. The van der Waals surface area contributed by atoms with Gasteiger partial charge in [-0.2, -0.15) is 0 Å². The van der Waals surface area contributed by atoms with Crippen LogP contribution >= 0.6 is 0 Å². The number of aromatic hydroxyl groups is 1. The fourth-order valence-corrected chi connectivity index (χ4v) is 5.45. The lowest BCUT2D eigenvalue weighted by molar-refractivity contribution is -0.127. The molecule has 33 heavy (non-hydrogen) atoms. The van der Waals surface area contributed by atoms with Crippen molar-refractivity contribution in [3.05, 3.63) is 71.9 Å². The molecular formula is C28H33N3O2. The number of carbonyl (C=O) groups is 1. The maximum Gasteiger partial charge on any atom is 0.246 e.